The smallest absolute Gasteiger partial charge is 0.343 e. The van der Waals surface area contributed by atoms with Crippen LogP contribution in [0.15, 0.2) is 48.9 Å². The third-order valence-corrected chi connectivity index (χ3v) is 5.66. The number of methoxy groups -OCH3 is 1. The van der Waals surface area contributed by atoms with Crippen LogP contribution in [0.3, 0.4) is 0 Å². The number of aryl methyl sites for hydroxylation is 1. The standard InChI is InChI=1S/C24H20F2N6O2.C2H6/c1-13-16(17-4-3-5-19(26)22(17)30-13)6-7-28-21-9-20(14-8-15(25)11-27-10-14)31-23-18(24(33)34-2)12-29-32(21)23;1-2/h3-5,8-12,28,30H,6-7H2,1-2H3;1-2H3. The van der Waals surface area contributed by atoms with Gasteiger partial charge in [-0.3, -0.25) is 4.98 Å². The highest BCUT2D eigenvalue weighted by Crippen LogP contribution is 2.26. The Balaban J connectivity index is 0.00000148. The average molecular weight is 493 g/mol. The molecule has 0 unspecified atom stereocenters. The number of esters is 1. The number of aromatic nitrogens is 5. The number of benzene rings is 1. The molecule has 0 aliphatic heterocycles. The Bertz CT molecular complexity index is 1540. The minimum Gasteiger partial charge on any atom is -0.465 e. The number of fused-ring (bicyclic) bond motifs is 2. The number of nitrogens with one attached hydrogen (secondary N) is 2. The summed E-state index contributed by atoms with van der Waals surface area (Å²) in [5.74, 6) is -0.837. The van der Waals surface area contributed by atoms with Gasteiger partial charge in [-0.2, -0.15) is 9.61 Å². The quantitative estimate of drug-likeness (QED) is 0.311. The summed E-state index contributed by atoms with van der Waals surface area (Å²) >= 11 is 0. The zero-order valence-electron chi connectivity index (χ0n) is 20.4. The van der Waals surface area contributed by atoms with Crippen molar-refractivity contribution in [3.63, 3.8) is 0 Å². The van der Waals surface area contributed by atoms with Crippen molar-refractivity contribution in [2.75, 3.05) is 19.0 Å². The summed E-state index contributed by atoms with van der Waals surface area (Å²) in [5.41, 5.74) is 3.68. The van der Waals surface area contributed by atoms with E-state index in [9.17, 15) is 13.6 Å². The summed E-state index contributed by atoms with van der Waals surface area (Å²) in [6, 6.07) is 8.01. The summed E-state index contributed by atoms with van der Waals surface area (Å²) < 4.78 is 34.3. The Morgan fingerprint density at radius 2 is 1.97 bits per heavy atom. The van der Waals surface area contributed by atoms with Gasteiger partial charge in [0, 0.05) is 35.5 Å². The van der Waals surface area contributed by atoms with Crippen LogP contribution in [0.1, 0.15) is 35.5 Å². The van der Waals surface area contributed by atoms with Gasteiger partial charge in [0.25, 0.3) is 0 Å². The number of ether oxygens (including phenoxy) is 1. The molecule has 0 aliphatic carbocycles. The minimum atomic E-state index is -0.584. The molecule has 0 atom stereocenters. The maximum absolute atomic E-state index is 14.1. The van der Waals surface area contributed by atoms with Crippen molar-refractivity contribution in [1.82, 2.24) is 24.6 Å². The number of para-hydroxylation sites is 1. The number of H-pyrrole nitrogens is 1. The van der Waals surface area contributed by atoms with Gasteiger partial charge in [-0.1, -0.05) is 26.0 Å². The van der Waals surface area contributed by atoms with E-state index in [-0.39, 0.29) is 17.0 Å². The molecular weight excluding hydrogens is 466 g/mol. The van der Waals surface area contributed by atoms with E-state index in [1.807, 2.05) is 26.8 Å². The first kappa shape index (κ1) is 24.8. The van der Waals surface area contributed by atoms with Gasteiger partial charge in [0.2, 0.25) is 0 Å². The van der Waals surface area contributed by atoms with Crippen LogP contribution in [0, 0.1) is 18.6 Å². The van der Waals surface area contributed by atoms with Gasteiger partial charge in [-0.05, 0) is 31.0 Å². The molecule has 0 amide bonds. The maximum atomic E-state index is 14.1. The highest BCUT2D eigenvalue weighted by Gasteiger charge is 2.19. The third-order valence-electron chi connectivity index (χ3n) is 5.66. The van der Waals surface area contributed by atoms with Crippen molar-refractivity contribution in [2.45, 2.75) is 27.2 Å². The van der Waals surface area contributed by atoms with Crippen LogP contribution >= 0.6 is 0 Å². The van der Waals surface area contributed by atoms with Crippen molar-refractivity contribution in [3.8, 4) is 11.3 Å². The van der Waals surface area contributed by atoms with Crippen molar-refractivity contribution in [3.05, 3.63) is 77.4 Å². The fraction of sp³-hybridized carbons (Fsp3) is 0.231. The molecule has 10 heteroatoms. The SMILES string of the molecule is CC.COC(=O)c1cnn2c(NCCc3c(C)[nH]c4c(F)cccc34)cc(-c3cncc(F)c3)nc12. The van der Waals surface area contributed by atoms with Crippen LogP contribution in [0.2, 0.25) is 0 Å². The number of rotatable bonds is 6. The summed E-state index contributed by atoms with van der Waals surface area (Å²) in [6.07, 6.45) is 4.57. The Labute approximate surface area is 206 Å². The van der Waals surface area contributed by atoms with Crippen molar-refractivity contribution in [2.24, 2.45) is 0 Å². The lowest BCUT2D eigenvalue weighted by Gasteiger charge is -2.11. The van der Waals surface area contributed by atoms with Crippen LogP contribution in [0.25, 0.3) is 27.8 Å². The molecule has 4 heterocycles. The lowest BCUT2D eigenvalue weighted by molar-refractivity contribution is 0.0602. The van der Waals surface area contributed by atoms with E-state index in [4.69, 9.17) is 4.74 Å². The van der Waals surface area contributed by atoms with Gasteiger partial charge in [0.15, 0.2) is 5.65 Å². The van der Waals surface area contributed by atoms with Gasteiger partial charge >= 0.3 is 5.97 Å². The molecule has 0 fully saturated rings. The van der Waals surface area contributed by atoms with E-state index in [0.29, 0.717) is 35.6 Å². The van der Waals surface area contributed by atoms with Crippen LogP contribution in [0.5, 0.6) is 0 Å². The molecule has 4 aromatic heterocycles. The van der Waals surface area contributed by atoms with E-state index >= 15 is 0 Å². The summed E-state index contributed by atoms with van der Waals surface area (Å²) in [7, 11) is 1.28. The van der Waals surface area contributed by atoms with Crippen molar-refractivity contribution in [1.29, 1.82) is 0 Å². The zero-order valence-corrected chi connectivity index (χ0v) is 20.4. The number of hydrogen-bond donors (Lipinski definition) is 2. The fourth-order valence-corrected chi connectivity index (χ4v) is 4.05. The second-order valence-corrected chi connectivity index (χ2v) is 7.77. The zero-order chi connectivity index (χ0) is 25.8. The highest BCUT2D eigenvalue weighted by atomic mass is 19.1. The molecule has 0 spiro atoms. The number of carbonyl (C=O) groups is 1. The van der Waals surface area contributed by atoms with E-state index in [1.54, 1.807) is 12.1 Å². The van der Waals surface area contributed by atoms with Gasteiger partial charge in [-0.25, -0.2) is 18.6 Å². The van der Waals surface area contributed by atoms with Crippen LogP contribution in [0.4, 0.5) is 14.6 Å². The molecule has 186 valence electrons. The van der Waals surface area contributed by atoms with Crippen LogP contribution in [-0.4, -0.2) is 44.2 Å². The summed E-state index contributed by atoms with van der Waals surface area (Å²) in [5, 5.41) is 8.43. The molecule has 0 saturated heterocycles. The molecule has 0 saturated carbocycles. The molecule has 8 nitrogen and oxygen atoms in total. The molecule has 5 aromatic rings. The van der Waals surface area contributed by atoms with Gasteiger partial charge in [0.05, 0.1) is 30.7 Å². The van der Waals surface area contributed by atoms with Gasteiger partial charge < -0.3 is 15.0 Å². The largest absolute Gasteiger partial charge is 0.465 e. The van der Waals surface area contributed by atoms with Crippen molar-refractivity contribution < 1.29 is 18.3 Å². The Kier molecular flexibility index (Phi) is 7.23. The molecule has 5 rings (SSSR count). The second kappa shape index (κ2) is 10.5. The van der Waals surface area contributed by atoms with Crippen molar-refractivity contribution >= 4 is 28.3 Å². The first-order valence-electron chi connectivity index (χ1n) is 11.5. The number of aromatic amines is 1. The fourth-order valence-electron chi connectivity index (χ4n) is 4.05. The monoisotopic (exact) mass is 492 g/mol. The van der Waals surface area contributed by atoms with E-state index < -0.39 is 11.8 Å². The molecular formula is C26H26F2N6O2. The average Bonchev–Trinajstić information content (AvgIpc) is 3.46. The number of pyridine rings is 1. The Hall–Kier alpha value is -4.34. The third kappa shape index (κ3) is 4.61. The molecule has 2 N–H and O–H groups in total. The molecule has 1 aromatic carbocycles. The predicted octanol–water partition coefficient (Wildman–Crippen LogP) is 5.33. The van der Waals surface area contributed by atoms with Crippen LogP contribution < -0.4 is 5.32 Å². The minimum absolute atomic E-state index is 0.180. The number of anilines is 1. The molecule has 0 bridgehead atoms. The number of carbonyl (C=O) groups excluding carboxylic acids is 1. The lowest BCUT2D eigenvalue weighted by Crippen LogP contribution is -2.11. The first-order valence-corrected chi connectivity index (χ1v) is 11.5. The lowest BCUT2D eigenvalue weighted by atomic mass is 10.1. The topological polar surface area (TPSA) is 97.2 Å². The van der Waals surface area contributed by atoms with Gasteiger partial charge in [-0.15, -0.1) is 0 Å². The Morgan fingerprint density at radius 3 is 2.72 bits per heavy atom. The molecule has 0 radical (unpaired) electrons. The highest BCUT2D eigenvalue weighted by molar-refractivity contribution is 5.96. The van der Waals surface area contributed by atoms with E-state index in [1.165, 1.54) is 36.2 Å². The Morgan fingerprint density at radius 1 is 1.17 bits per heavy atom. The van der Waals surface area contributed by atoms with Gasteiger partial charge in [0.1, 0.15) is 23.0 Å². The normalized spacial score (nSPS) is 10.8. The number of nitrogens with zero attached hydrogens (tertiary/aromatic N) is 4. The van der Waals surface area contributed by atoms with Crippen LogP contribution in [-0.2, 0) is 11.2 Å². The number of halogens is 2. The predicted molar refractivity (Wildman–Crippen MR) is 134 cm³/mol. The summed E-state index contributed by atoms with van der Waals surface area (Å²) in [6.45, 7) is 6.39. The maximum Gasteiger partial charge on any atom is 0.343 e. The first-order chi connectivity index (χ1) is 17.5. The number of hydrogen-bond acceptors (Lipinski definition) is 6. The summed E-state index contributed by atoms with van der Waals surface area (Å²) in [4.78, 5) is 23.7. The van der Waals surface area contributed by atoms with E-state index in [0.717, 1.165) is 22.8 Å². The molecule has 36 heavy (non-hydrogen) atoms. The van der Waals surface area contributed by atoms with E-state index in [2.05, 4.69) is 25.4 Å². The molecule has 0 aliphatic rings. The second-order valence-electron chi connectivity index (χ2n) is 7.77.